The monoisotopic (exact) mass is 406 g/mol. The Labute approximate surface area is 168 Å². The van der Waals surface area contributed by atoms with E-state index in [0.29, 0.717) is 28.0 Å². The second-order valence-corrected chi connectivity index (χ2v) is 7.48. The van der Waals surface area contributed by atoms with Gasteiger partial charge >= 0.3 is 0 Å². The fourth-order valence-corrected chi connectivity index (χ4v) is 3.68. The standard InChI is InChI=1S/C19H20Cl2N4O2/c20-14-4-3-13(12-15(14)21)25-10-8-24(9-11-25)7-5-17-19(26)23-18-16(27-17)2-1-6-22-18/h1-4,6,12,17H,5,7-11H2,(H,22,23,26)/t17-/m1/s1. The zero-order chi connectivity index (χ0) is 18.8. The molecule has 1 atom stereocenters. The van der Waals surface area contributed by atoms with E-state index >= 15 is 0 Å². The van der Waals surface area contributed by atoms with Gasteiger partial charge in [0.1, 0.15) is 0 Å². The highest BCUT2D eigenvalue weighted by Crippen LogP contribution is 2.29. The number of pyridine rings is 1. The topological polar surface area (TPSA) is 57.7 Å². The summed E-state index contributed by atoms with van der Waals surface area (Å²) in [5.74, 6) is 0.996. The van der Waals surface area contributed by atoms with Crippen LogP contribution in [-0.4, -0.2) is 54.6 Å². The van der Waals surface area contributed by atoms with Crippen LogP contribution in [0.2, 0.25) is 10.0 Å². The van der Waals surface area contributed by atoms with Crippen molar-refractivity contribution in [1.82, 2.24) is 9.88 Å². The molecule has 2 aliphatic heterocycles. The third-order valence-corrected chi connectivity index (χ3v) is 5.66. The Balaban J connectivity index is 1.28. The summed E-state index contributed by atoms with van der Waals surface area (Å²) >= 11 is 12.1. The fraction of sp³-hybridized carbons (Fsp3) is 0.368. The Bertz CT molecular complexity index is 840. The van der Waals surface area contributed by atoms with Crippen LogP contribution >= 0.6 is 23.2 Å². The van der Waals surface area contributed by atoms with Crippen molar-refractivity contribution in [2.24, 2.45) is 0 Å². The summed E-state index contributed by atoms with van der Waals surface area (Å²) in [7, 11) is 0. The number of hydrogen-bond acceptors (Lipinski definition) is 5. The van der Waals surface area contributed by atoms with E-state index in [1.807, 2.05) is 24.3 Å². The summed E-state index contributed by atoms with van der Waals surface area (Å²) < 4.78 is 5.81. The molecule has 0 bridgehead atoms. The normalized spacial score (nSPS) is 20.0. The number of fused-ring (bicyclic) bond motifs is 1. The van der Waals surface area contributed by atoms with E-state index in [9.17, 15) is 4.79 Å². The van der Waals surface area contributed by atoms with Gasteiger partial charge in [0.05, 0.1) is 10.0 Å². The van der Waals surface area contributed by atoms with E-state index in [1.54, 1.807) is 12.3 Å². The van der Waals surface area contributed by atoms with Crippen LogP contribution in [0.25, 0.3) is 0 Å². The number of benzene rings is 1. The highest BCUT2D eigenvalue weighted by atomic mass is 35.5. The summed E-state index contributed by atoms with van der Waals surface area (Å²) in [6.07, 6.45) is 1.80. The molecule has 0 radical (unpaired) electrons. The minimum atomic E-state index is -0.477. The van der Waals surface area contributed by atoms with Crippen LogP contribution in [0.5, 0.6) is 5.75 Å². The van der Waals surface area contributed by atoms with Gasteiger partial charge in [0.25, 0.3) is 5.91 Å². The quantitative estimate of drug-likeness (QED) is 0.843. The van der Waals surface area contributed by atoms with Gasteiger partial charge in [-0.05, 0) is 30.3 Å². The Morgan fingerprint density at radius 3 is 2.74 bits per heavy atom. The zero-order valence-electron chi connectivity index (χ0n) is 14.7. The first kappa shape index (κ1) is 18.3. The molecule has 4 rings (SSSR count). The maximum absolute atomic E-state index is 12.2. The fourth-order valence-electron chi connectivity index (χ4n) is 3.38. The molecule has 1 saturated heterocycles. The predicted molar refractivity (Wildman–Crippen MR) is 107 cm³/mol. The number of aromatic nitrogens is 1. The molecule has 0 unspecified atom stereocenters. The number of piperazine rings is 1. The minimum absolute atomic E-state index is 0.129. The number of ether oxygens (including phenoxy) is 1. The Kier molecular flexibility index (Phi) is 5.38. The molecule has 1 aromatic carbocycles. The molecule has 6 nitrogen and oxygen atoms in total. The number of nitrogens with one attached hydrogen (secondary N) is 1. The van der Waals surface area contributed by atoms with Crippen LogP contribution in [0.1, 0.15) is 6.42 Å². The SMILES string of the molecule is O=C1Nc2ncccc2O[C@@H]1CCN1CCN(c2ccc(Cl)c(Cl)c2)CC1. The summed E-state index contributed by atoms with van der Waals surface area (Å²) in [5.41, 5.74) is 1.09. The molecule has 8 heteroatoms. The molecule has 142 valence electrons. The summed E-state index contributed by atoms with van der Waals surface area (Å²) in [6, 6.07) is 9.36. The molecule has 3 heterocycles. The van der Waals surface area contributed by atoms with Gasteiger partial charge in [0, 0.05) is 51.0 Å². The number of carbonyl (C=O) groups is 1. The maximum atomic E-state index is 12.2. The van der Waals surface area contributed by atoms with Crippen LogP contribution in [-0.2, 0) is 4.79 Å². The van der Waals surface area contributed by atoms with Crippen LogP contribution in [0.3, 0.4) is 0 Å². The van der Waals surface area contributed by atoms with Gasteiger partial charge < -0.3 is 15.0 Å². The van der Waals surface area contributed by atoms with Crippen molar-refractivity contribution in [3.05, 3.63) is 46.6 Å². The van der Waals surface area contributed by atoms with Crippen LogP contribution < -0.4 is 15.0 Å². The lowest BCUT2D eigenvalue weighted by Crippen LogP contribution is -2.48. The molecular weight excluding hydrogens is 387 g/mol. The van der Waals surface area contributed by atoms with E-state index in [4.69, 9.17) is 27.9 Å². The van der Waals surface area contributed by atoms with Gasteiger partial charge in [-0.25, -0.2) is 4.98 Å². The van der Waals surface area contributed by atoms with Crippen LogP contribution in [0.4, 0.5) is 11.5 Å². The molecule has 1 aromatic heterocycles. The highest BCUT2D eigenvalue weighted by molar-refractivity contribution is 6.42. The van der Waals surface area contributed by atoms with Gasteiger partial charge in [0.2, 0.25) is 0 Å². The largest absolute Gasteiger partial charge is 0.477 e. The van der Waals surface area contributed by atoms with Crippen molar-refractivity contribution in [3.8, 4) is 5.75 Å². The number of carbonyl (C=O) groups excluding carboxylic acids is 1. The first-order valence-corrected chi connectivity index (χ1v) is 9.70. The highest BCUT2D eigenvalue weighted by Gasteiger charge is 2.29. The van der Waals surface area contributed by atoms with Crippen LogP contribution in [0, 0.1) is 0 Å². The van der Waals surface area contributed by atoms with E-state index in [0.717, 1.165) is 38.4 Å². The average Bonchev–Trinajstić information content (AvgIpc) is 2.69. The third-order valence-electron chi connectivity index (χ3n) is 4.92. The number of amides is 1. The van der Waals surface area contributed by atoms with E-state index in [1.165, 1.54) is 0 Å². The number of rotatable bonds is 4. The Hall–Kier alpha value is -2.02. The minimum Gasteiger partial charge on any atom is -0.477 e. The smallest absolute Gasteiger partial charge is 0.266 e. The molecule has 27 heavy (non-hydrogen) atoms. The Morgan fingerprint density at radius 2 is 1.96 bits per heavy atom. The third kappa shape index (κ3) is 4.13. The molecule has 1 amide bonds. The molecule has 0 saturated carbocycles. The summed E-state index contributed by atoms with van der Waals surface area (Å²) in [5, 5.41) is 3.96. The predicted octanol–water partition coefficient (Wildman–Crippen LogP) is 3.30. The van der Waals surface area contributed by atoms with Gasteiger partial charge in [-0.3, -0.25) is 9.69 Å². The first-order valence-electron chi connectivity index (χ1n) is 8.95. The molecule has 0 aliphatic carbocycles. The van der Waals surface area contributed by atoms with Gasteiger partial charge in [0.15, 0.2) is 17.7 Å². The second-order valence-electron chi connectivity index (χ2n) is 6.66. The molecule has 2 aromatic rings. The van der Waals surface area contributed by atoms with Gasteiger partial charge in [-0.15, -0.1) is 0 Å². The lowest BCUT2D eigenvalue weighted by molar-refractivity contribution is -0.124. The van der Waals surface area contributed by atoms with E-state index in [2.05, 4.69) is 20.1 Å². The van der Waals surface area contributed by atoms with Crippen LogP contribution in [0.15, 0.2) is 36.5 Å². The van der Waals surface area contributed by atoms with Gasteiger partial charge in [-0.1, -0.05) is 23.2 Å². The van der Waals surface area contributed by atoms with Gasteiger partial charge in [-0.2, -0.15) is 0 Å². The summed E-state index contributed by atoms with van der Waals surface area (Å²) in [6.45, 7) is 4.47. The molecule has 1 N–H and O–H groups in total. The number of anilines is 2. The van der Waals surface area contributed by atoms with E-state index in [-0.39, 0.29) is 5.91 Å². The first-order chi connectivity index (χ1) is 13.1. The Morgan fingerprint density at radius 1 is 1.15 bits per heavy atom. The van der Waals surface area contributed by atoms with Crippen molar-refractivity contribution < 1.29 is 9.53 Å². The van der Waals surface area contributed by atoms with Crippen molar-refractivity contribution in [2.75, 3.05) is 42.9 Å². The van der Waals surface area contributed by atoms with Crippen molar-refractivity contribution in [1.29, 1.82) is 0 Å². The van der Waals surface area contributed by atoms with Crippen molar-refractivity contribution in [3.63, 3.8) is 0 Å². The lowest BCUT2D eigenvalue weighted by atomic mass is 10.1. The second kappa shape index (κ2) is 7.92. The van der Waals surface area contributed by atoms with Crippen molar-refractivity contribution in [2.45, 2.75) is 12.5 Å². The number of halogens is 2. The molecule has 1 fully saturated rings. The molecule has 2 aliphatic rings. The summed E-state index contributed by atoms with van der Waals surface area (Å²) in [4.78, 5) is 21.0. The average molecular weight is 407 g/mol. The van der Waals surface area contributed by atoms with E-state index < -0.39 is 6.10 Å². The van der Waals surface area contributed by atoms with Crippen molar-refractivity contribution >= 4 is 40.6 Å². The molecular formula is C19H20Cl2N4O2. The molecule has 0 spiro atoms. The zero-order valence-corrected chi connectivity index (χ0v) is 16.2. The number of hydrogen-bond donors (Lipinski definition) is 1. The number of nitrogens with zero attached hydrogens (tertiary/aromatic N) is 3. The maximum Gasteiger partial charge on any atom is 0.266 e. The lowest BCUT2D eigenvalue weighted by Gasteiger charge is -2.37.